The van der Waals surface area contributed by atoms with E-state index in [2.05, 4.69) is 81.5 Å². The van der Waals surface area contributed by atoms with Crippen molar-refractivity contribution in [2.45, 2.75) is 290 Å². The van der Waals surface area contributed by atoms with Gasteiger partial charge in [0.25, 0.3) is 0 Å². The summed E-state index contributed by atoms with van der Waals surface area (Å²) in [5.74, 6) is -0.890. The molecule has 382 valence electrons. The van der Waals surface area contributed by atoms with E-state index < -0.39 is 6.10 Å². The van der Waals surface area contributed by atoms with Crippen LogP contribution < -0.4 is 0 Å². The highest BCUT2D eigenvalue weighted by molar-refractivity contribution is 5.71. The van der Waals surface area contributed by atoms with Crippen molar-refractivity contribution in [2.75, 3.05) is 13.2 Å². The van der Waals surface area contributed by atoms with Gasteiger partial charge in [0.2, 0.25) is 0 Å². The zero-order valence-corrected chi connectivity index (χ0v) is 43.7. The molecule has 0 aromatic heterocycles. The molecule has 0 N–H and O–H groups in total. The second-order valence-corrected chi connectivity index (χ2v) is 18.8. The summed E-state index contributed by atoms with van der Waals surface area (Å²) in [7, 11) is 0. The van der Waals surface area contributed by atoms with Crippen LogP contribution in [0.25, 0.3) is 0 Å². The standard InChI is InChI=1S/C60H106O6/c1-4-7-10-13-15-17-19-21-22-23-24-25-26-27-28-29-30-31-32-33-34-35-36-37-38-39-41-42-44-47-50-53-59(62)65-56-57(55-64-58(61)52-49-46-12-9-6-3)66-60(63)54-51-48-45-43-40-20-18-16-14-11-8-5-2/h7,10,15-18,21-22,24-25,57H,4-6,8-9,11-14,19-20,23,26-56H2,1-3H3/b10-7-,17-15-,18-16-,22-21-,25-24-. The number of rotatable bonds is 51. The average molecular weight is 924 g/mol. The lowest BCUT2D eigenvalue weighted by molar-refractivity contribution is -0.167. The zero-order chi connectivity index (χ0) is 47.9. The third-order valence-electron chi connectivity index (χ3n) is 12.3. The molecule has 0 heterocycles. The highest BCUT2D eigenvalue weighted by Crippen LogP contribution is 2.16. The number of unbranched alkanes of at least 4 members (excludes halogenated alkanes) is 30. The second kappa shape index (κ2) is 54.7. The molecule has 0 radical (unpaired) electrons. The summed E-state index contributed by atoms with van der Waals surface area (Å²) < 4.78 is 16.7. The Bertz CT molecular complexity index is 1200. The third-order valence-corrected chi connectivity index (χ3v) is 12.3. The Balaban J connectivity index is 3.92. The predicted octanol–water partition coefficient (Wildman–Crippen LogP) is 18.8. The minimum atomic E-state index is -0.770. The van der Waals surface area contributed by atoms with Crippen molar-refractivity contribution in [3.8, 4) is 0 Å². The molecule has 0 spiro atoms. The lowest BCUT2D eigenvalue weighted by atomic mass is 10.0. The highest BCUT2D eigenvalue weighted by atomic mass is 16.6. The summed E-state index contributed by atoms with van der Waals surface area (Å²) in [5, 5.41) is 0. The number of esters is 3. The summed E-state index contributed by atoms with van der Waals surface area (Å²) in [4.78, 5) is 37.7. The van der Waals surface area contributed by atoms with E-state index in [1.165, 1.54) is 141 Å². The van der Waals surface area contributed by atoms with E-state index in [4.69, 9.17) is 14.2 Å². The summed E-state index contributed by atoms with van der Waals surface area (Å²) in [6.07, 6.45) is 68.5. The van der Waals surface area contributed by atoms with Crippen LogP contribution in [0.2, 0.25) is 0 Å². The summed E-state index contributed by atoms with van der Waals surface area (Å²) in [6.45, 7) is 6.43. The molecular formula is C60H106O6. The third kappa shape index (κ3) is 52.1. The van der Waals surface area contributed by atoms with Crippen molar-refractivity contribution in [1.82, 2.24) is 0 Å². The monoisotopic (exact) mass is 923 g/mol. The van der Waals surface area contributed by atoms with E-state index >= 15 is 0 Å². The number of hydrogen-bond donors (Lipinski definition) is 0. The number of ether oxygens (including phenoxy) is 3. The van der Waals surface area contributed by atoms with E-state index in [-0.39, 0.29) is 31.1 Å². The van der Waals surface area contributed by atoms with Gasteiger partial charge >= 0.3 is 17.9 Å². The van der Waals surface area contributed by atoms with Gasteiger partial charge in [0.05, 0.1) is 0 Å². The largest absolute Gasteiger partial charge is 0.462 e. The molecule has 0 aliphatic rings. The van der Waals surface area contributed by atoms with Crippen LogP contribution >= 0.6 is 0 Å². The Hall–Kier alpha value is -2.89. The lowest BCUT2D eigenvalue weighted by Gasteiger charge is -2.18. The summed E-state index contributed by atoms with van der Waals surface area (Å²) >= 11 is 0. The molecule has 6 nitrogen and oxygen atoms in total. The van der Waals surface area contributed by atoms with Crippen molar-refractivity contribution in [2.24, 2.45) is 0 Å². The quantitative estimate of drug-likeness (QED) is 0.0262. The number of allylic oxidation sites excluding steroid dienone is 10. The second-order valence-electron chi connectivity index (χ2n) is 18.8. The van der Waals surface area contributed by atoms with Gasteiger partial charge < -0.3 is 14.2 Å². The molecule has 1 atom stereocenters. The Morgan fingerprint density at radius 3 is 0.970 bits per heavy atom. The van der Waals surface area contributed by atoms with Gasteiger partial charge in [0.15, 0.2) is 6.10 Å². The Morgan fingerprint density at radius 2 is 0.591 bits per heavy atom. The van der Waals surface area contributed by atoms with E-state index in [0.717, 1.165) is 103 Å². The average Bonchev–Trinajstić information content (AvgIpc) is 3.31. The van der Waals surface area contributed by atoms with Gasteiger partial charge in [-0.05, 0) is 83.5 Å². The van der Waals surface area contributed by atoms with Gasteiger partial charge in [0.1, 0.15) is 13.2 Å². The zero-order valence-electron chi connectivity index (χ0n) is 43.7. The Kier molecular flexibility index (Phi) is 52.3. The fourth-order valence-corrected chi connectivity index (χ4v) is 8.02. The first-order valence-corrected chi connectivity index (χ1v) is 28.3. The van der Waals surface area contributed by atoms with Crippen LogP contribution in [0, 0.1) is 0 Å². The van der Waals surface area contributed by atoms with Crippen LogP contribution in [0.5, 0.6) is 0 Å². The molecule has 0 bridgehead atoms. The molecule has 66 heavy (non-hydrogen) atoms. The smallest absolute Gasteiger partial charge is 0.306 e. The van der Waals surface area contributed by atoms with E-state index in [1.54, 1.807) is 0 Å². The van der Waals surface area contributed by atoms with Crippen LogP contribution in [-0.4, -0.2) is 37.2 Å². The van der Waals surface area contributed by atoms with Crippen LogP contribution in [0.3, 0.4) is 0 Å². The van der Waals surface area contributed by atoms with Crippen LogP contribution in [0.4, 0.5) is 0 Å². The van der Waals surface area contributed by atoms with Crippen LogP contribution in [0.1, 0.15) is 284 Å². The maximum atomic E-state index is 12.7. The lowest BCUT2D eigenvalue weighted by Crippen LogP contribution is -2.30. The van der Waals surface area contributed by atoms with Gasteiger partial charge in [-0.15, -0.1) is 0 Å². The van der Waals surface area contributed by atoms with E-state index in [0.29, 0.717) is 19.3 Å². The molecule has 0 aromatic carbocycles. The van der Waals surface area contributed by atoms with Gasteiger partial charge in [-0.3, -0.25) is 14.4 Å². The number of carbonyl (C=O) groups excluding carboxylic acids is 3. The van der Waals surface area contributed by atoms with Crippen molar-refractivity contribution in [3.63, 3.8) is 0 Å². The first-order valence-electron chi connectivity index (χ1n) is 28.3. The minimum absolute atomic E-state index is 0.0745. The van der Waals surface area contributed by atoms with Crippen molar-refractivity contribution in [3.05, 3.63) is 60.8 Å². The number of carbonyl (C=O) groups is 3. The fourth-order valence-electron chi connectivity index (χ4n) is 8.02. The molecule has 0 amide bonds. The molecule has 0 saturated carbocycles. The van der Waals surface area contributed by atoms with Gasteiger partial charge in [-0.1, -0.05) is 242 Å². The van der Waals surface area contributed by atoms with Gasteiger partial charge in [-0.25, -0.2) is 0 Å². The topological polar surface area (TPSA) is 78.9 Å². The number of hydrogen-bond acceptors (Lipinski definition) is 6. The van der Waals surface area contributed by atoms with Crippen molar-refractivity contribution < 1.29 is 28.6 Å². The van der Waals surface area contributed by atoms with Crippen molar-refractivity contribution in [1.29, 1.82) is 0 Å². The van der Waals surface area contributed by atoms with Crippen LogP contribution in [0.15, 0.2) is 60.8 Å². The SMILES string of the molecule is CC/C=C\C/C=C\C/C=C\C/C=C\CCCCCCCCCCCCCCCCCCCCC(=O)OCC(COC(=O)CCCCCCC)OC(=O)CCCCCCC/C=C\CCCCC. The van der Waals surface area contributed by atoms with E-state index in [9.17, 15) is 14.4 Å². The van der Waals surface area contributed by atoms with Gasteiger partial charge in [0, 0.05) is 19.3 Å². The minimum Gasteiger partial charge on any atom is -0.462 e. The maximum absolute atomic E-state index is 12.7. The maximum Gasteiger partial charge on any atom is 0.306 e. The van der Waals surface area contributed by atoms with E-state index in [1.807, 2.05) is 0 Å². The first-order chi connectivity index (χ1) is 32.5. The van der Waals surface area contributed by atoms with Crippen LogP contribution in [-0.2, 0) is 28.6 Å². The molecule has 0 aliphatic carbocycles. The first kappa shape index (κ1) is 63.1. The molecule has 0 aromatic rings. The summed E-state index contributed by atoms with van der Waals surface area (Å²) in [5.41, 5.74) is 0. The normalized spacial score (nSPS) is 12.5. The molecule has 0 saturated heterocycles. The molecule has 0 rings (SSSR count). The highest BCUT2D eigenvalue weighted by Gasteiger charge is 2.19. The molecule has 1 unspecified atom stereocenters. The fraction of sp³-hybridized carbons (Fsp3) is 0.783. The molecular weight excluding hydrogens is 817 g/mol. The van der Waals surface area contributed by atoms with Gasteiger partial charge in [-0.2, -0.15) is 0 Å². The molecule has 6 heteroatoms. The molecule has 0 aliphatic heterocycles. The van der Waals surface area contributed by atoms with Crippen molar-refractivity contribution >= 4 is 17.9 Å². The Morgan fingerprint density at radius 1 is 0.318 bits per heavy atom. The Labute approximate surface area is 409 Å². The summed E-state index contributed by atoms with van der Waals surface area (Å²) in [6, 6.07) is 0. The molecule has 0 fully saturated rings. The predicted molar refractivity (Wildman–Crippen MR) is 284 cm³/mol.